The molecule has 148 valence electrons. The van der Waals surface area contributed by atoms with Crippen molar-refractivity contribution < 1.29 is 23.8 Å². The summed E-state index contributed by atoms with van der Waals surface area (Å²) in [6.07, 6.45) is 6.94. The SMILES string of the molecule is CC(=O)OC[C@]1(C)[C@@H]2CC[C@@]3(C)c4cocc4CC[C@@H]3[C@@]2(C)CC(=O)[C@H]1O. The lowest BCUT2D eigenvalue weighted by Crippen LogP contribution is -2.65. The van der Waals surface area contributed by atoms with Crippen molar-refractivity contribution in [2.45, 2.75) is 71.3 Å². The molecular formula is C22H30O5. The van der Waals surface area contributed by atoms with E-state index in [1.54, 1.807) is 0 Å². The van der Waals surface area contributed by atoms with Gasteiger partial charge in [0, 0.05) is 18.8 Å². The number of aryl methyl sites for hydroxylation is 1. The zero-order chi connectivity index (χ0) is 19.6. The lowest BCUT2D eigenvalue weighted by atomic mass is 9.40. The molecule has 0 saturated heterocycles. The molecule has 1 aromatic heterocycles. The van der Waals surface area contributed by atoms with Crippen LogP contribution in [0.3, 0.4) is 0 Å². The fraction of sp³-hybridized carbons (Fsp3) is 0.727. The van der Waals surface area contributed by atoms with Gasteiger partial charge in [-0.3, -0.25) is 9.59 Å². The summed E-state index contributed by atoms with van der Waals surface area (Å²) >= 11 is 0. The summed E-state index contributed by atoms with van der Waals surface area (Å²) in [6.45, 7) is 7.93. The Labute approximate surface area is 160 Å². The van der Waals surface area contributed by atoms with Crippen LogP contribution in [-0.2, 0) is 26.2 Å². The van der Waals surface area contributed by atoms with E-state index in [1.165, 1.54) is 18.1 Å². The third-order valence-electron chi connectivity index (χ3n) is 8.24. The molecule has 0 radical (unpaired) electrons. The van der Waals surface area contributed by atoms with Crippen LogP contribution in [-0.4, -0.2) is 29.6 Å². The minimum Gasteiger partial charge on any atom is -0.472 e. The predicted octanol–water partition coefficient (Wildman–Crippen LogP) is 3.42. The first kappa shape index (κ1) is 18.7. The Kier molecular flexibility index (Phi) is 4.12. The second-order valence-electron chi connectivity index (χ2n) is 9.75. The highest BCUT2D eigenvalue weighted by Crippen LogP contribution is 2.66. The zero-order valence-corrected chi connectivity index (χ0v) is 16.7. The number of carbonyl (C=O) groups is 2. The van der Waals surface area contributed by atoms with Gasteiger partial charge in [0.2, 0.25) is 0 Å². The van der Waals surface area contributed by atoms with Crippen LogP contribution in [0.2, 0.25) is 0 Å². The number of ether oxygens (including phenoxy) is 1. The van der Waals surface area contributed by atoms with Crippen LogP contribution in [0.1, 0.15) is 64.5 Å². The average molecular weight is 374 g/mol. The molecule has 1 aromatic rings. The molecule has 1 heterocycles. The Morgan fingerprint density at radius 3 is 2.70 bits per heavy atom. The summed E-state index contributed by atoms with van der Waals surface area (Å²) in [7, 11) is 0. The number of aliphatic hydroxyl groups excluding tert-OH is 1. The maximum absolute atomic E-state index is 12.9. The molecule has 1 N–H and O–H groups in total. The van der Waals surface area contributed by atoms with Crippen molar-refractivity contribution in [2.24, 2.45) is 22.7 Å². The summed E-state index contributed by atoms with van der Waals surface area (Å²) in [4.78, 5) is 24.3. The van der Waals surface area contributed by atoms with Gasteiger partial charge in [-0.2, -0.15) is 0 Å². The number of Topliss-reactive ketones (excluding diaryl/α,β-unsaturated/α-hetero) is 1. The number of carbonyl (C=O) groups excluding carboxylic acids is 2. The van der Waals surface area contributed by atoms with Gasteiger partial charge in [0.05, 0.1) is 19.1 Å². The fourth-order valence-electron chi connectivity index (χ4n) is 7.00. The van der Waals surface area contributed by atoms with Gasteiger partial charge in [-0.05, 0) is 59.5 Å². The highest BCUT2D eigenvalue weighted by atomic mass is 16.5. The maximum atomic E-state index is 12.9. The molecule has 0 bridgehead atoms. The Morgan fingerprint density at radius 2 is 2.00 bits per heavy atom. The largest absolute Gasteiger partial charge is 0.472 e. The van der Waals surface area contributed by atoms with Crippen molar-refractivity contribution in [1.82, 2.24) is 0 Å². The number of fused-ring (bicyclic) bond motifs is 5. The van der Waals surface area contributed by atoms with Crippen LogP contribution in [0.4, 0.5) is 0 Å². The smallest absolute Gasteiger partial charge is 0.302 e. The molecule has 2 fully saturated rings. The van der Waals surface area contributed by atoms with E-state index in [2.05, 4.69) is 13.8 Å². The minimum absolute atomic E-state index is 0.0171. The highest BCUT2D eigenvalue weighted by Gasteiger charge is 2.65. The van der Waals surface area contributed by atoms with Crippen molar-refractivity contribution in [3.63, 3.8) is 0 Å². The van der Waals surface area contributed by atoms with E-state index in [9.17, 15) is 14.7 Å². The molecule has 0 aromatic carbocycles. The molecule has 5 heteroatoms. The van der Waals surface area contributed by atoms with E-state index >= 15 is 0 Å². The second-order valence-corrected chi connectivity index (χ2v) is 9.75. The highest BCUT2D eigenvalue weighted by molar-refractivity contribution is 5.85. The standard InChI is InChI=1S/C22H30O5/c1-13(23)27-12-22(4)18-7-8-20(2)15-11-26-10-14(15)5-6-17(20)21(18,3)9-16(24)19(22)25/h10-11,17-19,25H,5-9,12H2,1-4H3/t17-,18+,19+,20-,21+,22+/m0/s1. The van der Waals surface area contributed by atoms with Gasteiger partial charge in [-0.15, -0.1) is 0 Å². The summed E-state index contributed by atoms with van der Waals surface area (Å²) in [5, 5.41) is 10.8. The summed E-state index contributed by atoms with van der Waals surface area (Å²) < 4.78 is 10.9. The van der Waals surface area contributed by atoms with Gasteiger partial charge in [0.25, 0.3) is 0 Å². The van der Waals surface area contributed by atoms with Gasteiger partial charge in [0.1, 0.15) is 6.10 Å². The first-order chi connectivity index (χ1) is 12.6. The molecule has 3 aliphatic rings. The van der Waals surface area contributed by atoms with E-state index in [0.717, 1.165) is 25.7 Å². The minimum atomic E-state index is -1.08. The van der Waals surface area contributed by atoms with Gasteiger partial charge in [-0.1, -0.05) is 20.8 Å². The normalized spacial score (nSPS) is 43.4. The molecule has 3 aliphatic carbocycles. The number of esters is 1. The number of hydrogen-bond acceptors (Lipinski definition) is 5. The fourth-order valence-corrected chi connectivity index (χ4v) is 7.00. The lowest BCUT2D eigenvalue weighted by Gasteiger charge is -2.64. The van der Waals surface area contributed by atoms with Crippen molar-refractivity contribution >= 4 is 11.8 Å². The summed E-state index contributed by atoms with van der Waals surface area (Å²) in [6, 6.07) is 0. The topological polar surface area (TPSA) is 76.7 Å². The third-order valence-corrected chi connectivity index (χ3v) is 8.24. The Morgan fingerprint density at radius 1 is 1.26 bits per heavy atom. The van der Waals surface area contributed by atoms with Crippen LogP contribution in [0.15, 0.2) is 16.9 Å². The Hall–Kier alpha value is -1.62. The van der Waals surface area contributed by atoms with Crippen molar-refractivity contribution in [3.05, 3.63) is 23.7 Å². The van der Waals surface area contributed by atoms with E-state index in [0.29, 0.717) is 12.3 Å². The van der Waals surface area contributed by atoms with E-state index in [4.69, 9.17) is 9.15 Å². The van der Waals surface area contributed by atoms with Crippen LogP contribution >= 0.6 is 0 Å². The summed E-state index contributed by atoms with van der Waals surface area (Å²) in [5.74, 6) is -0.0272. The van der Waals surface area contributed by atoms with Crippen molar-refractivity contribution in [3.8, 4) is 0 Å². The molecule has 4 rings (SSSR count). The average Bonchev–Trinajstić information content (AvgIpc) is 3.08. The monoisotopic (exact) mass is 374 g/mol. The number of ketones is 1. The molecule has 0 aliphatic heterocycles. The number of furan rings is 1. The van der Waals surface area contributed by atoms with Gasteiger partial charge >= 0.3 is 5.97 Å². The van der Waals surface area contributed by atoms with E-state index < -0.39 is 11.5 Å². The first-order valence-corrected chi connectivity index (χ1v) is 10.0. The molecule has 5 nitrogen and oxygen atoms in total. The molecular weight excluding hydrogens is 344 g/mol. The number of rotatable bonds is 2. The van der Waals surface area contributed by atoms with Gasteiger partial charge < -0.3 is 14.3 Å². The molecule has 2 saturated carbocycles. The molecule has 27 heavy (non-hydrogen) atoms. The van der Waals surface area contributed by atoms with Crippen LogP contribution in [0, 0.1) is 22.7 Å². The lowest BCUT2D eigenvalue weighted by molar-refractivity contribution is -0.192. The van der Waals surface area contributed by atoms with Crippen molar-refractivity contribution in [1.29, 1.82) is 0 Å². The Bertz CT molecular complexity index is 781. The molecule has 0 unspecified atom stereocenters. The van der Waals surface area contributed by atoms with E-state index in [1.807, 2.05) is 19.5 Å². The quantitative estimate of drug-likeness (QED) is 0.803. The molecule has 0 amide bonds. The van der Waals surface area contributed by atoms with Crippen LogP contribution in [0.25, 0.3) is 0 Å². The maximum Gasteiger partial charge on any atom is 0.302 e. The predicted molar refractivity (Wildman–Crippen MR) is 99.1 cm³/mol. The van der Waals surface area contributed by atoms with Gasteiger partial charge in [-0.25, -0.2) is 0 Å². The van der Waals surface area contributed by atoms with Gasteiger partial charge in [0.15, 0.2) is 5.78 Å². The van der Waals surface area contributed by atoms with Crippen molar-refractivity contribution in [2.75, 3.05) is 6.61 Å². The molecule has 6 atom stereocenters. The van der Waals surface area contributed by atoms with Crippen LogP contribution in [0.5, 0.6) is 0 Å². The number of aliphatic hydroxyl groups is 1. The van der Waals surface area contributed by atoms with Crippen LogP contribution < -0.4 is 0 Å². The molecule has 0 spiro atoms. The third kappa shape index (κ3) is 2.47. The summed E-state index contributed by atoms with van der Waals surface area (Å²) in [5.41, 5.74) is 1.59. The first-order valence-electron chi connectivity index (χ1n) is 10.0. The van der Waals surface area contributed by atoms with E-state index in [-0.39, 0.29) is 35.1 Å². The zero-order valence-electron chi connectivity index (χ0n) is 16.7. The second kappa shape index (κ2) is 5.94. The number of hydrogen-bond donors (Lipinski definition) is 1. The Balaban J connectivity index is 1.76.